The molecular weight excluding hydrogens is 453 g/mol. The van der Waals surface area contributed by atoms with Crippen LogP contribution in [0.4, 0.5) is 0 Å². The van der Waals surface area contributed by atoms with Crippen molar-refractivity contribution < 1.29 is 4.74 Å². The standard InChI is InChI=1S/C20H35N5O.HI/c1-4-21-20(22-10-11-25-12-14-26-15-13-25)23-17-19(24(2)3)16-18-8-6-5-7-9-18;/h5-9,19H,4,10-17H2,1-3H3,(H2,21,22,23);1H. The van der Waals surface area contributed by atoms with Crippen molar-refractivity contribution in [2.75, 3.05) is 66.6 Å². The molecule has 0 bridgehead atoms. The first-order valence-corrected chi connectivity index (χ1v) is 9.71. The molecule has 2 N–H and O–H groups in total. The summed E-state index contributed by atoms with van der Waals surface area (Å²) in [7, 11) is 4.25. The summed E-state index contributed by atoms with van der Waals surface area (Å²) in [6, 6.07) is 11.0. The van der Waals surface area contributed by atoms with Crippen LogP contribution in [-0.2, 0) is 11.2 Å². The second-order valence-electron chi connectivity index (χ2n) is 6.91. The molecule has 2 rings (SSSR count). The van der Waals surface area contributed by atoms with Crippen molar-refractivity contribution in [1.82, 2.24) is 20.4 Å². The highest BCUT2D eigenvalue weighted by molar-refractivity contribution is 14.0. The molecular formula is C20H36IN5O. The largest absolute Gasteiger partial charge is 0.379 e. The van der Waals surface area contributed by atoms with Crippen LogP contribution in [0.15, 0.2) is 35.3 Å². The number of morpholine rings is 1. The van der Waals surface area contributed by atoms with Crippen molar-refractivity contribution in [2.45, 2.75) is 19.4 Å². The number of benzene rings is 1. The molecule has 1 saturated heterocycles. The fourth-order valence-corrected chi connectivity index (χ4v) is 2.99. The molecule has 0 amide bonds. The molecule has 0 radical (unpaired) electrons. The molecule has 7 heteroatoms. The molecule has 1 fully saturated rings. The minimum absolute atomic E-state index is 0. The predicted molar refractivity (Wildman–Crippen MR) is 124 cm³/mol. The number of aliphatic imine (C=N–C) groups is 1. The number of hydrogen-bond donors (Lipinski definition) is 2. The molecule has 0 spiro atoms. The smallest absolute Gasteiger partial charge is 0.191 e. The van der Waals surface area contributed by atoms with E-state index in [4.69, 9.17) is 9.73 Å². The van der Waals surface area contributed by atoms with Crippen molar-refractivity contribution in [3.8, 4) is 0 Å². The van der Waals surface area contributed by atoms with Crippen molar-refractivity contribution in [2.24, 2.45) is 4.99 Å². The highest BCUT2D eigenvalue weighted by atomic mass is 127. The van der Waals surface area contributed by atoms with Crippen molar-refractivity contribution in [3.63, 3.8) is 0 Å². The number of halogens is 1. The van der Waals surface area contributed by atoms with Crippen LogP contribution >= 0.6 is 24.0 Å². The zero-order valence-corrected chi connectivity index (χ0v) is 19.3. The van der Waals surface area contributed by atoms with E-state index in [1.807, 2.05) is 0 Å². The maximum absolute atomic E-state index is 5.40. The van der Waals surface area contributed by atoms with Gasteiger partial charge in [0.05, 0.1) is 19.8 Å². The van der Waals surface area contributed by atoms with Crippen molar-refractivity contribution in [1.29, 1.82) is 0 Å². The molecule has 0 aliphatic carbocycles. The van der Waals surface area contributed by atoms with Gasteiger partial charge in [-0.25, -0.2) is 0 Å². The van der Waals surface area contributed by atoms with Gasteiger partial charge in [-0.1, -0.05) is 30.3 Å². The van der Waals surface area contributed by atoms with Gasteiger partial charge in [-0.3, -0.25) is 9.89 Å². The Morgan fingerprint density at radius 2 is 1.89 bits per heavy atom. The molecule has 1 atom stereocenters. The summed E-state index contributed by atoms with van der Waals surface area (Å²) >= 11 is 0. The maximum Gasteiger partial charge on any atom is 0.191 e. The average molecular weight is 489 g/mol. The van der Waals surface area contributed by atoms with Crippen LogP contribution in [0, 0.1) is 0 Å². The Kier molecular flexibility index (Phi) is 12.6. The van der Waals surface area contributed by atoms with Gasteiger partial charge in [0.15, 0.2) is 5.96 Å². The van der Waals surface area contributed by atoms with Gasteiger partial charge in [0.25, 0.3) is 0 Å². The van der Waals surface area contributed by atoms with Gasteiger partial charge in [0.2, 0.25) is 0 Å². The lowest BCUT2D eigenvalue weighted by Gasteiger charge is -2.27. The third-order valence-corrected chi connectivity index (χ3v) is 4.67. The summed E-state index contributed by atoms with van der Waals surface area (Å²) in [4.78, 5) is 9.51. The van der Waals surface area contributed by atoms with Crippen LogP contribution in [0.1, 0.15) is 12.5 Å². The van der Waals surface area contributed by atoms with Crippen molar-refractivity contribution in [3.05, 3.63) is 35.9 Å². The first-order valence-electron chi connectivity index (χ1n) is 9.71. The number of hydrogen-bond acceptors (Lipinski definition) is 4. The first kappa shape index (κ1) is 24.1. The van der Waals surface area contributed by atoms with E-state index in [1.165, 1.54) is 5.56 Å². The van der Waals surface area contributed by atoms with Gasteiger partial charge in [0.1, 0.15) is 0 Å². The number of guanidine groups is 1. The van der Waals surface area contributed by atoms with Gasteiger partial charge < -0.3 is 20.3 Å². The van der Waals surface area contributed by atoms with Gasteiger partial charge in [-0.05, 0) is 33.0 Å². The summed E-state index contributed by atoms with van der Waals surface area (Å²) in [5.74, 6) is 0.903. The molecule has 1 aliphatic rings. The van der Waals surface area contributed by atoms with E-state index < -0.39 is 0 Å². The Bertz CT molecular complexity index is 520. The molecule has 0 aromatic heterocycles. The van der Waals surface area contributed by atoms with Crippen LogP contribution < -0.4 is 10.6 Å². The van der Waals surface area contributed by atoms with E-state index in [2.05, 4.69) is 71.8 Å². The zero-order chi connectivity index (χ0) is 18.6. The minimum atomic E-state index is 0. The lowest BCUT2D eigenvalue weighted by atomic mass is 10.1. The Morgan fingerprint density at radius 3 is 2.52 bits per heavy atom. The molecule has 1 heterocycles. The topological polar surface area (TPSA) is 52.1 Å². The fourth-order valence-electron chi connectivity index (χ4n) is 2.99. The fraction of sp³-hybridized carbons (Fsp3) is 0.650. The first-order chi connectivity index (χ1) is 12.7. The number of ether oxygens (including phenoxy) is 1. The molecule has 0 saturated carbocycles. The Labute approximate surface area is 181 Å². The number of nitrogens with one attached hydrogen (secondary N) is 2. The number of likely N-dealkylation sites (N-methyl/N-ethyl adjacent to an activating group) is 1. The summed E-state index contributed by atoms with van der Waals surface area (Å²) in [6.45, 7) is 9.41. The van der Waals surface area contributed by atoms with E-state index >= 15 is 0 Å². The second kappa shape index (κ2) is 14.1. The average Bonchev–Trinajstić information content (AvgIpc) is 2.66. The highest BCUT2D eigenvalue weighted by Gasteiger charge is 2.13. The van der Waals surface area contributed by atoms with Crippen LogP contribution in [0.3, 0.4) is 0 Å². The third-order valence-electron chi connectivity index (χ3n) is 4.67. The molecule has 1 unspecified atom stereocenters. The second-order valence-corrected chi connectivity index (χ2v) is 6.91. The van der Waals surface area contributed by atoms with E-state index in [-0.39, 0.29) is 24.0 Å². The molecule has 1 aromatic rings. The molecule has 1 aliphatic heterocycles. The maximum atomic E-state index is 5.40. The lowest BCUT2D eigenvalue weighted by Crippen LogP contribution is -2.45. The van der Waals surface area contributed by atoms with Crippen molar-refractivity contribution >= 4 is 29.9 Å². The summed E-state index contributed by atoms with van der Waals surface area (Å²) in [6.07, 6.45) is 1.00. The number of nitrogens with zero attached hydrogens (tertiary/aromatic N) is 3. The van der Waals surface area contributed by atoms with Crippen LogP contribution in [0.5, 0.6) is 0 Å². The monoisotopic (exact) mass is 489 g/mol. The minimum Gasteiger partial charge on any atom is -0.379 e. The summed E-state index contributed by atoms with van der Waals surface area (Å²) in [5.41, 5.74) is 1.35. The molecule has 1 aromatic carbocycles. The Morgan fingerprint density at radius 1 is 1.19 bits per heavy atom. The summed E-state index contributed by atoms with van der Waals surface area (Å²) in [5, 5.41) is 6.82. The molecule has 6 nitrogen and oxygen atoms in total. The lowest BCUT2D eigenvalue weighted by molar-refractivity contribution is 0.0389. The van der Waals surface area contributed by atoms with Gasteiger partial charge in [-0.2, -0.15) is 0 Å². The van der Waals surface area contributed by atoms with Gasteiger partial charge in [0, 0.05) is 38.8 Å². The predicted octanol–water partition coefficient (Wildman–Crippen LogP) is 1.66. The SMILES string of the molecule is CCNC(=NCC(Cc1ccccc1)N(C)C)NCCN1CCOCC1.I. The quantitative estimate of drug-likeness (QED) is 0.314. The Balaban J connectivity index is 0.00000364. The summed E-state index contributed by atoms with van der Waals surface area (Å²) < 4.78 is 5.40. The van der Waals surface area contributed by atoms with E-state index in [9.17, 15) is 0 Å². The van der Waals surface area contributed by atoms with E-state index in [1.54, 1.807) is 0 Å². The van der Waals surface area contributed by atoms with Gasteiger partial charge in [-0.15, -0.1) is 24.0 Å². The van der Waals surface area contributed by atoms with Crippen LogP contribution in [0.25, 0.3) is 0 Å². The van der Waals surface area contributed by atoms with Gasteiger partial charge >= 0.3 is 0 Å². The molecule has 154 valence electrons. The third kappa shape index (κ3) is 9.73. The van der Waals surface area contributed by atoms with E-state index in [0.717, 1.165) is 64.9 Å². The van der Waals surface area contributed by atoms with E-state index in [0.29, 0.717) is 6.04 Å². The zero-order valence-electron chi connectivity index (χ0n) is 17.0. The molecule has 27 heavy (non-hydrogen) atoms. The Hall–Kier alpha value is -0.900. The van der Waals surface area contributed by atoms with Crippen LogP contribution in [0.2, 0.25) is 0 Å². The highest BCUT2D eigenvalue weighted by Crippen LogP contribution is 2.07. The van der Waals surface area contributed by atoms with Crippen LogP contribution in [-0.4, -0.2) is 88.4 Å². The number of rotatable bonds is 9. The normalized spacial score (nSPS) is 16.7.